The van der Waals surface area contributed by atoms with Gasteiger partial charge in [-0.2, -0.15) is 0 Å². The third-order valence-electron chi connectivity index (χ3n) is 3.23. The van der Waals surface area contributed by atoms with Gasteiger partial charge in [-0.05, 0) is 31.0 Å². The molecule has 6 heteroatoms. The van der Waals surface area contributed by atoms with Crippen molar-refractivity contribution < 1.29 is 4.79 Å². The molecule has 3 heterocycles. The van der Waals surface area contributed by atoms with Crippen LogP contribution >= 0.6 is 0 Å². The minimum atomic E-state index is -0.122. The number of aryl methyl sites for hydroxylation is 1. The van der Waals surface area contributed by atoms with Gasteiger partial charge in [-0.1, -0.05) is 6.07 Å². The number of aromatic nitrogens is 4. The van der Waals surface area contributed by atoms with E-state index in [-0.39, 0.29) is 5.91 Å². The number of fused-ring (bicyclic) bond motifs is 1. The molecule has 0 spiro atoms. The van der Waals surface area contributed by atoms with Crippen molar-refractivity contribution in [3.05, 3.63) is 60.1 Å². The van der Waals surface area contributed by atoms with Gasteiger partial charge in [-0.25, -0.2) is 15.0 Å². The lowest BCUT2D eigenvalue weighted by Gasteiger charge is -2.05. The van der Waals surface area contributed by atoms with E-state index >= 15 is 0 Å². The van der Waals surface area contributed by atoms with Crippen LogP contribution in [0.3, 0.4) is 0 Å². The van der Waals surface area contributed by atoms with Crippen molar-refractivity contribution in [3.63, 3.8) is 0 Å². The quantitative estimate of drug-likeness (QED) is 0.784. The molecule has 0 aliphatic carbocycles. The maximum Gasteiger partial charge on any atom is 0.270 e. The van der Waals surface area contributed by atoms with E-state index in [9.17, 15) is 4.79 Å². The fraction of sp³-hybridized carbons (Fsp3) is 0.200. The predicted molar refractivity (Wildman–Crippen MR) is 78.0 cm³/mol. The van der Waals surface area contributed by atoms with Gasteiger partial charge >= 0.3 is 0 Å². The van der Waals surface area contributed by atoms with Crippen LogP contribution < -0.4 is 5.32 Å². The Morgan fingerprint density at radius 1 is 1.29 bits per heavy atom. The normalized spacial score (nSPS) is 10.7. The summed E-state index contributed by atoms with van der Waals surface area (Å²) in [6.07, 6.45) is 7.53. The summed E-state index contributed by atoms with van der Waals surface area (Å²) in [5, 5.41) is 2.91. The first-order valence-electron chi connectivity index (χ1n) is 6.71. The van der Waals surface area contributed by atoms with Crippen LogP contribution in [0.2, 0.25) is 0 Å². The molecule has 0 saturated heterocycles. The lowest BCUT2D eigenvalue weighted by molar-refractivity contribution is 0.0947. The summed E-state index contributed by atoms with van der Waals surface area (Å²) in [5.41, 5.74) is 3.07. The summed E-state index contributed by atoms with van der Waals surface area (Å²) in [7, 11) is 0. The molecular formula is C15H15N5O. The molecule has 3 rings (SSSR count). The van der Waals surface area contributed by atoms with Crippen LogP contribution in [-0.2, 0) is 6.42 Å². The molecule has 1 N–H and O–H groups in total. The van der Waals surface area contributed by atoms with Gasteiger partial charge in [0.1, 0.15) is 17.7 Å². The summed E-state index contributed by atoms with van der Waals surface area (Å²) < 4.78 is 1.80. The zero-order valence-corrected chi connectivity index (χ0v) is 11.7. The van der Waals surface area contributed by atoms with Gasteiger partial charge < -0.3 is 5.32 Å². The van der Waals surface area contributed by atoms with Crippen molar-refractivity contribution in [3.8, 4) is 0 Å². The van der Waals surface area contributed by atoms with E-state index in [1.54, 1.807) is 16.8 Å². The minimum Gasteiger partial charge on any atom is -0.350 e. The first-order chi connectivity index (χ1) is 10.3. The first kappa shape index (κ1) is 13.2. The van der Waals surface area contributed by atoms with Gasteiger partial charge in [-0.15, -0.1) is 0 Å². The Hall–Kier alpha value is -2.76. The Morgan fingerprint density at radius 2 is 2.10 bits per heavy atom. The van der Waals surface area contributed by atoms with Gasteiger partial charge in [0.05, 0.1) is 5.69 Å². The van der Waals surface area contributed by atoms with E-state index < -0.39 is 0 Å². The number of carbonyl (C=O) groups excluding carboxylic acids is 1. The van der Waals surface area contributed by atoms with E-state index in [1.165, 1.54) is 6.33 Å². The molecule has 0 atom stereocenters. The van der Waals surface area contributed by atoms with Crippen LogP contribution in [-0.4, -0.2) is 31.8 Å². The molecule has 0 aliphatic heterocycles. The molecule has 0 fully saturated rings. The van der Waals surface area contributed by atoms with Crippen LogP contribution in [0.25, 0.3) is 5.65 Å². The van der Waals surface area contributed by atoms with Gasteiger partial charge in [0.25, 0.3) is 5.91 Å². The Kier molecular flexibility index (Phi) is 3.59. The number of nitrogens with zero attached hydrogens (tertiary/aromatic N) is 4. The van der Waals surface area contributed by atoms with Crippen LogP contribution in [0.4, 0.5) is 0 Å². The zero-order valence-electron chi connectivity index (χ0n) is 11.7. The Labute approximate surface area is 121 Å². The largest absolute Gasteiger partial charge is 0.350 e. The highest BCUT2D eigenvalue weighted by atomic mass is 16.1. The highest BCUT2D eigenvalue weighted by molar-refractivity contribution is 5.94. The van der Waals surface area contributed by atoms with Crippen molar-refractivity contribution in [1.82, 2.24) is 24.7 Å². The molecule has 0 aromatic carbocycles. The van der Waals surface area contributed by atoms with Crippen LogP contribution in [0.5, 0.6) is 0 Å². The van der Waals surface area contributed by atoms with Crippen molar-refractivity contribution in [2.75, 3.05) is 6.54 Å². The summed E-state index contributed by atoms with van der Waals surface area (Å²) >= 11 is 0. The second kappa shape index (κ2) is 5.70. The van der Waals surface area contributed by atoms with Gasteiger partial charge in [0.15, 0.2) is 0 Å². The molecule has 0 radical (unpaired) electrons. The summed E-state index contributed by atoms with van der Waals surface area (Å²) in [5.74, 6) is -0.122. The lowest BCUT2D eigenvalue weighted by Crippen LogP contribution is -2.27. The number of hydrogen-bond donors (Lipinski definition) is 1. The molecule has 0 saturated carbocycles. The second-order valence-electron chi connectivity index (χ2n) is 4.73. The van der Waals surface area contributed by atoms with Crippen molar-refractivity contribution in [2.45, 2.75) is 13.3 Å². The second-order valence-corrected chi connectivity index (χ2v) is 4.73. The van der Waals surface area contributed by atoms with E-state index in [4.69, 9.17) is 0 Å². The average Bonchev–Trinajstić information content (AvgIpc) is 2.84. The summed E-state index contributed by atoms with van der Waals surface area (Å²) in [6, 6.07) is 5.66. The lowest BCUT2D eigenvalue weighted by atomic mass is 10.2. The van der Waals surface area contributed by atoms with Crippen LogP contribution in [0, 0.1) is 6.92 Å². The monoisotopic (exact) mass is 281 g/mol. The third kappa shape index (κ3) is 2.74. The molecule has 6 nitrogen and oxygen atoms in total. The maximum absolute atomic E-state index is 12.3. The minimum absolute atomic E-state index is 0.122. The van der Waals surface area contributed by atoms with E-state index in [1.807, 2.05) is 31.3 Å². The molecule has 0 aliphatic rings. The maximum atomic E-state index is 12.3. The Morgan fingerprint density at radius 3 is 2.90 bits per heavy atom. The number of pyridine rings is 1. The molecule has 1 amide bonds. The van der Waals surface area contributed by atoms with Gasteiger partial charge in [0, 0.05) is 25.1 Å². The van der Waals surface area contributed by atoms with Gasteiger partial charge in [-0.3, -0.25) is 9.20 Å². The number of amides is 1. The smallest absolute Gasteiger partial charge is 0.270 e. The predicted octanol–water partition coefficient (Wildman–Crippen LogP) is 1.41. The van der Waals surface area contributed by atoms with Crippen molar-refractivity contribution in [1.29, 1.82) is 0 Å². The van der Waals surface area contributed by atoms with Crippen molar-refractivity contribution in [2.24, 2.45) is 0 Å². The van der Waals surface area contributed by atoms with Crippen molar-refractivity contribution >= 4 is 11.6 Å². The SMILES string of the molecule is Cc1nc2ccccn2c1C(=O)NCCc1cncnc1. The van der Waals surface area contributed by atoms with Crippen LogP contribution in [0.1, 0.15) is 21.7 Å². The van der Waals surface area contributed by atoms with Gasteiger partial charge in [0.2, 0.25) is 0 Å². The number of imidazole rings is 1. The number of carbonyl (C=O) groups is 1. The zero-order chi connectivity index (χ0) is 14.7. The fourth-order valence-electron chi connectivity index (χ4n) is 2.25. The summed E-state index contributed by atoms with van der Waals surface area (Å²) in [4.78, 5) is 24.6. The summed E-state index contributed by atoms with van der Waals surface area (Å²) in [6.45, 7) is 2.37. The highest BCUT2D eigenvalue weighted by Gasteiger charge is 2.15. The molecule has 3 aromatic heterocycles. The molecule has 0 bridgehead atoms. The first-order valence-corrected chi connectivity index (χ1v) is 6.71. The average molecular weight is 281 g/mol. The number of rotatable bonds is 4. The standard InChI is InChI=1S/C15H15N5O/c1-11-14(20-7-3-2-4-13(20)19-11)15(21)18-6-5-12-8-16-10-17-9-12/h2-4,7-10H,5-6H2,1H3,(H,18,21). The Bertz CT molecular complexity index is 766. The van der Waals surface area contributed by atoms with E-state index in [0.29, 0.717) is 18.7 Å². The molecule has 0 unspecified atom stereocenters. The molecular weight excluding hydrogens is 266 g/mol. The molecule has 3 aromatic rings. The number of hydrogen-bond acceptors (Lipinski definition) is 4. The fourth-order valence-corrected chi connectivity index (χ4v) is 2.25. The van der Waals surface area contributed by atoms with E-state index in [0.717, 1.165) is 16.9 Å². The highest BCUT2D eigenvalue weighted by Crippen LogP contribution is 2.11. The van der Waals surface area contributed by atoms with Crippen LogP contribution in [0.15, 0.2) is 43.1 Å². The molecule has 21 heavy (non-hydrogen) atoms. The topological polar surface area (TPSA) is 72.2 Å². The molecule has 106 valence electrons. The Balaban J connectivity index is 1.71. The third-order valence-corrected chi connectivity index (χ3v) is 3.23. The number of nitrogens with one attached hydrogen (secondary N) is 1. The van der Waals surface area contributed by atoms with E-state index in [2.05, 4.69) is 20.3 Å².